The number of benzene rings is 1. The van der Waals surface area contributed by atoms with Crippen molar-refractivity contribution >= 4 is 21.6 Å². The van der Waals surface area contributed by atoms with Gasteiger partial charge in [0, 0.05) is 18.2 Å². The highest BCUT2D eigenvalue weighted by molar-refractivity contribution is 8.77. The Morgan fingerprint density at radius 3 is 2.26 bits per heavy atom. The van der Waals surface area contributed by atoms with E-state index in [-0.39, 0.29) is 4.75 Å². The summed E-state index contributed by atoms with van der Waals surface area (Å²) in [5, 5.41) is 9.71. The van der Waals surface area contributed by atoms with Gasteiger partial charge in [-0.15, -0.1) is 10.2 Å². The molecule has 23 heavy (non-hydrogen) atoms. The van der Waals surface area contributed by atoms with Crippen LogP contribution < -0.4 is 0 Å². The van der Waals surface area contributed by atoms with Crippen LogP contribution in [0.25, 0.3) is 0 Å². The highest BCUT2D eigenvalue weighted by Gasteiger charge is 2.27. The van der Waals surface area contributed by atoms with Crippen molar-refractivity contribution in [3.63, 3.8) is 0 Å². The fraction of sp³-hybridized carbons (Fsp3) is 0.556. The molecule has 3 nitrogen and oxygen atoms in total. The molecule has 0 aliphatic heterocycles. The van der Waals surface area contributed by atoms with Gasteiger partial charge in [-0.05, 0) is 42.0 Å². The first-order valence-electron chi connectivity index (χ1n) is 7.94. The summed E-state index contributed by atoms with van der Waals surface area (Å²) in [4.78, 5) is 0. The van der Waals surface area contributed by atoms with Gasteiger partial charge in [-0.3, -0.25) is 0 Å². The van der Waals surface area contributed by atoms with Crippen LogP contribution in [0.4, 0.5) is 0 Å². The summed E-state index contributed by atoms with van der Waals surface area (Å²) in [6.45, 7) is 11.5. The summed E-state index contributed by atoms with van der Waals surface area (Å²) in [6, 6.07) is 10.4. The third-order valence-corrected chi connectivity index (χ3v) is 6.66. The molecule has 0 spiro atoms. The first kappa shape index (κ1) is 18.4. The fourth-order valence-electron chi connectivity index (χ4n) is 2.81. The summed E-state index contributed by atoms with van der Waals surface area (Å²) >= 11 is 0. The summed E-state index contributed by atoms with van der Waals surface area (Å²) in [5.41, 5.74) is 1.59. The Labute approximate surface area is 148 Å². The van der Waals surface area contributed by atoms with Gasteiger partial charge in [0.05, 0.1) is 0 Å². The maximum Gasteiger partial charge on any atom is 0.201 e. The molecule has 0 atom stereocenters. The standard InChI is InChI=1S/C18H27N3S2/c1-17(2,3)13-18(4,5)23-22-16-20-19-15(21(16)6)12-14-10-8-7-9-11-14/h7-11H,12-13H2,1-6H3. The molecule has 0 amide bonds. The van der Waals surface area contributed by atoms with Gasteiger partial charge in [0.15, 0.2) is 0 Å². The molecule has 2 rings (SSSR count). The molecule has 1 aromatic heterocycles. The van der Waals surface area contributed by atoms with E-state index in [4.69, 9.17) is 0 Å². The van der Waals surface area contributed by atoms with Gasteiger partial charge in [0.2, 0.25) is 5.16 Å². The van der Waals surface area contributed by atoms with E-state index in [0.717, 1.165) is 23.8 Å². The van der Waals surface area contributed by atoms with Crippen LogP contribution in [-0.4, -0.2) is 19.5 Å². The molecule has 0 N–H and O–H groups in total. The topological polar surface area (TPSA) is 30.7 Å². The highest BCUT2D eigenvalue weighted by atomic mass is 33.1. The van der Waals surface area contributed by atoms with E-state index in [0.29, 0.717) is 5.41 Å². The van der Waals surface area contributed by atoms with Crippen LogP contribution in [0, 0.1) is 5.41 Å². The minimum atomic E-state index is 0.203. The molecule has 0 fully saturated rings. The Bertz CT molecular complexity index is 627. The second-order valence-electron chi connectivity index (χ2n) is 7.78. The third-order valence-electron chi connectivity index (χ3n) is 3.43. The van der Waals surface area contributed by atoms with Crippen molar-refractivity contribution in [1.82, 2.24) is 14.8 Å². The zero-order valence-corrected chi connectivity index (χ0v) is 16.6. The predicted molar refractivity (Wildman–Crippen MR) is 102 cm³/mol. The Kier molecular flexibility index (Phi) is 5.84. The minimum absolute atomic E-state index is 0.203. The Morgan fingerprint density at radius 2 is 1.65 bits per heavy atom. The molecule has 2 aromatic rings. The zero-order chi connectivity index (χ0) is 17.1. The largest absolute Gasteiger partial charge is 0.308 e. The minimum Gasteiger partial charge on any atom is -0.308 e. The van der Waals surface area contributed by atoms with Crippen molar-refractivity contribution in [3.05, 3.63) is 41.7 Å². The lowest BCUT2D eigenvalue weighted by atomic mass is 9.86. The highest BCUT2D eigenvalue weighted by Crippen LogP contribution is 2.45. The molecule has 126 valence electrons. The van der Waals surface area contributed by atoms with Crippen molar-refractivity contribution in [3.8, 4) is 0 Å². The summed E-state index contributed by atoms with van der Waals surface area (Å²) in [7, 11) is 5.67. The third kappa shape index (κ3) is 5.88. The van der Waals surface area contributed by atoms with Crippen molar-refractivity contribution in [2.24, 2.45) is 12.5 Å². The monoisotopic (exact) mass is 349 g/mol. The van der Waals surface area contributed by atoms with Crippen LogP contribution in [0.15, 0.2) is 35.5 Å². The molecular formula is C18H27N3S2. The van der Waals surface area contributed by atoms with E-state index < -0.39 is 0 Å². The predicted octanol–water partition coefficient (Wildman–Crippen LogP) is 5.36. The van der Waals surface area contributed by atoms with Gasteiger partial charge in [-0.2, -0.15) is 0 Å². The number of hydrogen-bond donors (Lipinski definition) is 0. The number of aromatic nitrogens is 3. The smallest absolute Gasteiger partial charge is 0.201 e. The Hall–Kier alpha value is -0.940. The molecular weight excluding hydrogens is 322 g/mol. The van der Waals surface area contributed by atoms with Crippen LogP contribution in [0.2, 0.25) is 0 Å². The first-order valence-corrected chi connectivity index (χ1v) is 10.1. The van der Waals surface area contributed by atoms with E-state index in [2.05, 4.69) is 80.7 Å². The van der Waals surface area contributed by atoms with E-state index in [1.165, 1.54) is 5.56 Å². The van der Waals surface area contributed by atoms with Crippen LogP contribution in [0.1, 0.15) is 52.4 Å². The lowest BCUT2D eigenvalue weighted by molar-refractivity contribution is 0.340. The SMILES string of the molecule is Cn1c(Cc2ccccc2)nnc1SSC(C)(C)CC(C)(C)C. The molecule has 0 radical (unpaired) electrons. The molecule has 0 saturated heterocycles. The molecule has 0 aliphatic carbocycles. The van der Waals surface area contributed by atoms with Crippen molar-refractivity contribution in [2.45, 2.75) is 57.4 Å². The average molecular weight is 350 g/mol. The van der Waals surface area contributed by atoms with Crippen LogP contribution in [-0.2, 0) is 13.5 Å². The summed E-state index contributed by atoms with van der Waals surface area (Å²) in [5.74, 6) is 1.01. The van der Waals surface area contributed by atoms with Crippen molar-refractivity contribution in [1.29, 1.82) is 0 Å². The summed E-state index contributed by atoms with van der Waals surface area (Å²) < 4.78 is 2.31. The Morgan fingerprint density at radius 1 is 1.00 bits per heavy atom. The molecule has 5 heteroatoms. The van der Waals surface area contributed by atoms with Gasteiger partial charge in [0.25, 0.3) is 0 Å². The lowest BCUT2D eigenvalue weighted by Gasteiger charge is -2.31. The molecule has 1 heterocycles. The Balaban J connectivity index is 2.00. The molecule has 0 aliphatic rings. The fourth-order valence-corrected chi connectivity index (χ4v) is 5.40. The number of rotatable bonds is 6. The maximum absolute atomic E-state index is 4.37. The molecule has 0 saturated carbocycles. The summed E-state index contributed by atoms with van der Waals surface area (Å²) in [6.07, 6.45) is 1.98. The second kappa shape index (κ2) is 7.31. The van der Waals surface area contributed by atoms with Gasteiger partial charge >= 0.3 is 0 Å². The van der Waals surface area contributed by atoms with Gasteiger partial charge in [-0.1, -0.05) is 61.9 Å². The van der Waals surface area contributed by atoms with Gasteiger partial charge < -0.3 is 4.57 Å². The first-order chi connectivity index (χ1) is 10.7. The lowest BCUT2D eigenvalue weighted by Crippen LogP contribution is -2.22. The van der Waals surface area contributed by atoms with Crippen LogP contribution in [0.3, 0.4) is 0 Å². The van der Waals surface area contributed by atoms with E-state index in [1.807, 2.05) is 16.9 Å². The normalized spacial score (nSPS) is 12.6. The van der Waals surface area contributed by atoms with Crippen LogP contribution in [0.5, 0.6) is 0 Å². The molecule has 0 unspecified atom stereocenters. The van der Waals surface area contributed by atoms with Gasteiger partial charge in [0.1, 0.15) is 5.82 Å². The molecule has 0 bridgehead atoms. The van der Waals surface area contributed by atoms with Crippen molar-refractivity contribution < 1.29 is 0 Å². The molecule has 1 aromatic carbocycles. The quantitative estimate of drug-likeness (QED) is 0.657. The second-order valence-corrected chi connectivity index (χ2v) is 10.6. The van der Waals surface area contributed by atoms with E-state index in [9.17, 15) is 0 Å². The van der Waals surface area contributed by atoms with Crippen LogP contribution >= 0.6 is 21.6 Å². The number of hydrogen-bond acceptors (Lipinski definition) is 4. The zero-order valence-electron chi connectivity index (χ0n) is 15.0. The average Bonchev–Trinajstić information content (AvgIpc) is 2.76. The van der Waals surface area contributed by atoms with E-state index >= 15 is 0 Å². The van der Waals surface area contributed by atoms with Crippen molar-refractivity contribution in [2.75, 3.05) is 0 Å². The van der Waals surface area contributed by atoms with Gasteiger partial charge in [-0.25, -0.2) is 0 Å². The maximum atomic E-state index is 4.37. The van der Waals surface area contributed by atoms with E-state index in [1.54, 1.807) is 10.8 Å². The number of nitrogens with zero attached hydrogens (tertiary/aromatic N) is 3.